The quantitative estimate of drug-likeness (QED) is 0.738. The van der Waals surface area contributed by atoms with Gasteiger partial charge in [-0.2, -0.15) is 0 Å². The summed E-state index contributed by atoms with van der Waals surface area (Å²) in [5.41, 5.74) is 0.822. The molecule has 1 unspecified atom stereocenters. The zero-order chi connectivity index (χ0) is 17.8. The first-order valence-corrected chi connectivity index (χ1v) is 10.7. The van der Waals surface area contributed by atoms with Crippen molar-refractivity contribution < 1.29 is 19.0 Å². The third-order valence-electron chi connectivity index (χ3n) is 5.43. The summed E-state index contributed by atoms with van der Waals surface area (Å²) in [6, 6.07) is 7.97. The number of carbonyl (C=O) groups is 1. The Morgan fingerprint density at radius 2 is 1.81 bits per heavy atom. The first kappa shape index (κ1) is 18.3. The van der Waals surface area contributed by atoms with Crippen LogP contribution in [0.25, 0.3) is 0 Å². The lowest BCUT2D eigenvalue weighted by molar-refractivity contribution is -0.0956. The van der Waals surface area contributed by atoms with Crippen LogP contribution < -0.4 is 0 Å². The van der Waals surface area contributed by atoms with E-state index < -0.39 is 0 Å². The van der Waals surface area contributed by atoms with E-state index in [0.29, 0.717) is 25.2 Å². The maximum absolute atomic E-state index is 13.1. The van der Waals surface area contributed by atoms with Crippen molar-refractivity contribution in [2.45, 2.75) is 43.0 Å². The smallest absolute Gasteiger partial charge is 0.254 e. The van der Waals surface area contributed by atoms with Crippen LogP contribution in [0.5, 0.6) is 0 Å². The lowest BCUT2D eigenvalue weighted by Gasteiger charge is -2.34. The standard InChI is InChI=1S/C20H27NO4S/c22-19(21-9-7-15(8-10-21)20-24-12-13-25-20)17-5-1-2-6-18(17)26-14-16-4-3-11-23-16/h1-2,5-6,15-16,20H,3-4,7-14H2. The highest BCUT2D eigenvalue weighted by molar-refractivity contribution is 7.99. The number of hydrogen-bond acceptors (Lipinski definition) is 5. The van der Waals surface area contributed by atoms with Crippen LogP contribution in [0.2, 0.25) is 0 Å². The van der Waals surface area contributed by atoms with Gasteiger partial charge in [-0.05, 0) is 37.8 Å². The number of nitrogens with zero attached hydrogens (tertiary/aromatic N) is 1. The molecule has 3 heterocycles. The molecule has 0 aliphatic carbocycles. The van der Waals surface area contributed by atoms with Gasteiger partial charge in [-0.3, -0.25) is 4.79 Å². The Balaban J connectivity index is 1.35. The van der Waals surface area contributed by atoms with E-state index in [-0.39, 0.29) is 12.2 Å². The van der Waals surface area contributed by atoms with E-state index in [4.69, 9.17) is 14.2 Å². The molecule has 3 fully saturated rings. The van der Waals surface area contributed by atoms with E-state index in [9.17, 15) is 4.79 Å². The van der Waals surface area contributed by atoms with Gasteiger partial charge in [0.2, 0.25) is 0 Å². The van der Waals surface area contributed by atoms with Crippen molar-refractivity contribution in [3.05, 3.63) is 29.8 Å². The maximum Gasteiger partial charge on any atom is 0.254 e. The number of piperidine rings is 1. The minimum atomic E-state index is -0.0681. The van der Waals surface area contributed by atoms with Crippen LogP contribution in [-0.2, 0) is 14.2 Å². The Morgan fingerprint density at radius 1 is 1.04 bits per heavy atom. The molecular weight excluding hydrogens is 350 g/mol. The fourth-order valence-corrected chi connectivity index (χ4v) is 5.04. The van der Waals surface area contributed by atoms with Gasteiger partial charge in [0.1, 0.15) is 0 Å². The highest BCUT2D eigenvalue weighted by Crippen LogP contribution is 2.30. The Hall–Kier alpha value is -1.08. The van der Waals surface area contributed by atoms with Crippen LogP contribution in [0.15, 0.2) is 29.2 Å². The number of carbonyl (C=O) groups excluding carboxylic acids is 1. The van der Waals surface area contributed by atoms with Crippen molar-refractivity contribution in [2.75, 3.05) is 38.7 Å². The predicted molar refractivity (Wildman–Crippen MR) is 100 cm³/mol. The van der Waals surface area contributed by atoms with Gasteiger partial charge in [0.15, 0.2) is 6.29 Å². The molecule has 1 aromatic rings. The average Bonchev–Trinajstić information content (AvgIpc) is 3.40. The third kappa shape index (κ3) is 4.25. The summed E-state index contributed by atoms with van der Waals surface area (Å²) in [4.78, 5) is 16.1. The summed E-state index contributed by atoms with van der Waals surface area (Å²) in [5, 5.41) is 0. The maximum atomic E-state index is 13.1. The van der Waals surface area contributed by atoms with Crippen LogP contribution >= 0.6 is 11.8 Å². The zero-order valence-electron chi connectivity index (χ0n) is 15.1. The van der Waals surface area contributed by atoms with Gasteiger partial charge in [-0.15, -0.1) is 11.8 Å². The van der Waals surface area contributed by atoms with E-state index in [2.05, 4.69) is 6.07 Å². The summed E-state index contributed by atoms with van der Waals surface area (Å²) in [6.07, 6.45) is 4.42. The molecule has 1 aromatic carbocycles. The molecule has 0 N–H and O–H groups in total. The summed E-state index contributed by atoms with van der Waals surface area (Å²) in [7, 11) is 0. The average molecular weight is 378 g/mol. The SMILES string of the molecule is O=C(c1ccccc1SCC1CCCO1)N1CCC(C2OCCO2)CC1. The zero-order valence-corrected chi connectivity index (χ0v) is 15.9. The normalized spacial score (nSPS) is 25.1. The van der Waals surface area contributed by atoms with Gasteiger partial charge < -0.3 is 19.1 Å². The van der Waals surface area contributed by atoms with E-state index >= 15 is 0 Å². The number of benzene rings is 1. The van der Waals surface area contributed by atoms with E-state index in [0.717, 1.165) is 61.6 Å². The molecule has 0 aromatic heterocycles. The number of likely N-dealkylation sites (tertiary alicyclic amines) is 1. The van der Waals surface area contributed by atoms with Gasteiger partial charge in [-0.25, -0.2) is 0 Å². The molecule has 1 amide bonds. The molecule has 3 aliphatic rings. The second-order valence-electron chi connectivity index (χ2n) is 7.18. The summed E-state index contributed by atoms with van der Waals surface area (Å²) < 4.78 is 17.0. The fourth-order valence-electron chi connectivity index (χ4n) is 3.92. The Labute approximate surface area is 159 Å². The molecule has 1 atom stereocenters. The van der Waals surface area contributed by atoms with Crippen LogP contribution in [0, 0.1) is 5.92 Å². The molecule has 3 saturated heterocycles. The summed E-state index contributed by atoms with van der Waals surface area (Å²) >= 11 is 1.75. The second kappa shape index (κ2) is 8.74. The summed E-state index contributed by atoms with van der Waals surface area (Å²) in [6.45, 7) is 3.81. The Kier molecular flexibility index (Phi) is 6.15. The molecular formula is C20H27NO4S. The van der Waals surface area contributed by atoms with Gasteiger partial charge in [0, 0.05) is 36.3 Å². The number of thioether (sulfide) groups is 1. The number of amides is 1. The Morgan fingerprint density at radius 3 is 2.54 bits per heavy atom. The number of rotatable bonds is 5. The molecule has 26 heavy (non-hydrogen) atoms. The van der Waals surface area contributed by atoms with Gasteiger partial charge in [0.05, 0.1) is 24.9 Å². The molecule has 6 heteroatoms. The monoisotopic (exact) mass is 377 g/mol. The first-order valence-electron chi connectivity index (χ1n) is 9.67. The van der Waals surface area contributed by atoms with Crippen molar-refractivity contribution in [3.8, 4) is 0 Å². The highest BCUT2D eigenvalue weighted by Gasteiger charge is 2.32. The van der Waals surface area contributed by atoms with Crippen LogP contribution in [0.4, 0.5) is 0 Å². The van der Waals surface area contributed by atoms with Crippen molar-refractivity contribution in [2.24, 2.45) is 5.92 Å². The second-order valence-corrected chi connectivity index (χ2v) is 8.24. The van der Waals surface area contributed by atoms with Crippen LogP contribution in [0.1, 0.15) is 36.0 Å². The minimum Gasteiger partial charge on any atom is -0.377 e. The van der Waals surface area contributed by atoms with Crippen molar-refractivity contribution >= 4 is 17.7 Å². The van der Waals surface area contributed by atoms with E-state index in [1.54, 1.807) is 11.8 Å². The molecule has 0 spiro atoms. The third-order valence-corrected chi connectivity index (χ3v) is 6.63. The van der Waals surface area contributed by atoms with E-state index in [1.165, 1.54) is 0 Å². The molecule has 0 saturated carbocycles. The number of hydrogen-bond donors (Lipinski definition) is 0. The molecule has 0 bridgehead atoms. The van der Waals surface area contributed by atoms with Crippen molar-refractivity contribution in [1.29, 1.82) is 0 Å². The highest BCUT2D eigenvalue weighted by atomic mass is 32.2. The molecule has 142 valence electrons. The van der Waals surface area contributed by atoms with Crippen LogP contribution in [0.3, 0.4) is 0 Å². The van der Waals surface area contributed by atoms with Crippen molar-refractivity contribution in [1.82, 2.24) is 4.90 Å². The van der Waals surface area contributed by atoms with Crippen molar-refractivity contribution in [3.63, 3.8) is 0 Å². The van der Waals surface area contributed by atoms with Gasteiger partial charge in [0.25, 0.3) is 5.91 Å². The predicted octanol–water partition coefficient (Wildman–Crippen LogP) is 3.18. The lowest BCUT2D eigenvalue weighted by atomic mass is 9.95. The van der Waals surface area contributed by atoms with Gasteiger partial charge in [-0.1, -0.05) is 12.1 Å². The minimum absolute atomic E-state index is 0.0681. The van der Waals surface area contributed by atoms with Crippen LogP contribution in [-0.4, -0.2) is 61.9 Å². The summed E-state index contributed by atoms with van der Waals surface area (Å²) in [5.74, 6) is 1.47. The van der Waals surface area contributed by atoms with Gasteiger partial charge >= 0.3 is 0 Å². The Bertz CT molecular complexity index is 606. The van der Waals surface area contributed by atoms with E-state index in [1.807, 2.05) is 23.1 Å². The largest absolute Gasteiger partial charge is 0.377 e. The fraction of sp³-hybridized carbons (Fsp3) is 0.650. The molecule has 0 radical (unpaired) electrons. The topological polar surface area (TPSA) is 48.0 Å². The number of ether oxygens (including phenoxy) is 3. The first-order chi connectivity index (χ1) is 12.8. The lowest BCUT2D eigenvalue weighted by Crippen LogP contribution is -2.41. The molecule has 4 rings (SSSR count). The molecule has 5 nitrogen and oxygen atoms in total. The molecule has 3 aliphatic heterocycles.